The summed E-state index contributed by atoms with van der Waals surface area (Å²) in [6, 6.07) is 0. The van der Waals surface area contributed by atoms with Crippen LogP contribution >= 0.6 is 0 Å². The molecule has 3 heteroatoms. The summed E-state index contributed by atoms with van der Waals surface area (Å²) in [5.41, 5.74) is 2.48. The minimum atomic E-state index is -0.933. The summed E-state index contributed by atoms with van der Waals surface area (Å²) in [6.45, 7) is 14.6. The minimum absolute atomic E-state index is 0.161. The van der Waals surface area contributed by atoms with Gasteiger partial charge in [-0.05, 0) is 33.6 Å². The van der Waals surface area contributed by atoms with Crippen LogP contribution in [0.1, 0.15) is 34.6 Å². The van der Waals surface area contributed by atoms with E-state index in [4.69, 9.17) is 0 Å². The molecule has 0 aromatic carbocycles. The van der Waals surface area contributed by atoms with E-state index in [2.05, 4.69) is 38.1 Å². The van der Waals surface area contributed by atoms with Crippen LogP contribution in [0.15, 0.2) is 36.0 Å². The fourth-order valence-electron chi connectivity index (χ4n) is 1.27. The Bertz CT molecular complexity index is 329. The summed E-state index contributed by atoms with van der Waals surface area (Å²) >= 11 is 0. The summed E-state index contributed by atoms with van der Waals surface area (Å²) in [6.07, 6.45) is 5.91. The highest BCUT2D eigenvalue weighted by Crippen LogP contribution is 2.12. The molecule has 0 aliphatic carbocycles. The number of hydrogen-bond donors (Lipinski definition) is 1. The second-order valence-electron chi connectivity index (χ2n) is 4.63. The van der Waals surface area contributed by atoms with Gasteiger partial charge in [0.05, 0.1) is 11.0 Å². The second kappa shape index (κ2) is 8.43. The lowest BCUT2D eigenvalue weighted by atomic mass is 10.0. The van der Waals surface area contributed by atoms with E-state index < -0.39 is 11.0 Å². The minimum Gasteiger partial charge on any atom is -0.243 e. The number of hydrogen-bond acceptors (Lipinski definition) is 1. The predicted octanol–water partition coefficient (Wildman–Crippen LogP) is 3.36. The zero-order valence-electron chi connectivity index (χ0n) is 11.6. The Morgan fingerprint density at radius 1 is 1.35 bits per heavy atom. The van der Waals surface area contributed by atoms with Crippen LogP contribution in [-0.4, -0.2) is 16.0 Å². The maximum atomic E-state index is 11.6. The lowest BCUT2D eigenvalue weighted by Crippen LogP contribution is -2.28. The lowest BCUT2D eigenvalue weighted by Gasteiger charge is -2.14. The molecule has 0 fully saturated rings. The second-order valence-corrected chi connectivity index (χ2v) is 6.46. The zero-order chi connectivity index (χ0) is 13.4. The van der Waals surface area contributed by atoms with E-state index in [1.807, 2.05) is 19.9 Å². The van der Waals surface area contributed by atoms with Crippen molar-refractivity contribution in [2.24, 2.45) is 5.92 Å². The molecule has 2 atom stereocenters. The van der Waals surface area contributed by atoms with Crippen molar-refractivity contribution in [1.29, 1.82) is 0 Å². The quantitative estimate of drug-likeness (QED) is 0.694. The molecule has 1 N–H and O–H groups in total. The topological polar surface area (TPSA) is 29.1 Å². The molecule has 0 rings (SSSR count). The Hall–Kier alpha value is -0.670. The van der Waals surface area contributed by atoms with E-state index in [-0.39, 0.29) is 5.25 Å². The summed E-state index contributed by atoms with van der Waals surface area (Å²) in [5.74, 6) is 0.380. The van der Waals surface area contributed by atoms with Crippen LogP contribution in [0, 0.1) is 5.92 Å². The number of nitrogens with one attached hydrogen (secondary N) is 1. The Morgan fingerprint density at radius 2 is 1.94 bits per heavy atom. The van der Waals surface area contributed by atoms with Crippen molar-refractivity contribution in [1.82, 2.24) is 4.72 Å². The van der Waals surface area contributed by atoms with Crippen molar-refractivity contribution in [2.75, 3.05) is 6.54 Å². The predicted molar refractivity (Wildman–Crippen MR) is 78.2 cm³/mol. The van der Waals surface area contributed by atoms with Gasteiger partial charge in [-0.1, -0.05) is 42.9 Å². The molecule has 0 heterocycles. The highest BCUT2D eigenvalue weighted by molar-refractivity contribution is 7.83. The third-order valence-corrected chi connectivity index (χ3v) is 3.88. The van der Waals surface area contributed by atoms with Crippen molar-refractivity contribution in [3.63, 3.8) is 0 Å². The first-order valence-electron chi connectivity index (χ1n) is 6.00. The third kappa shape index (κ3) is 7.29. The van der Waals surface area contributed by atoms with E-state index in [1.54, 1.807) is 6.08 Å². The molecule has 0 aliphatic rings. The van der Waals surface area contributed by atoms with Crippen molar-refractivity contribution in [3.8, 4) is 0 Å². The van der Waals surface area contributed by atoms with Crippen molar-refractivity contribution < 1.29 is 4.21 Å². The molecule has 0 aromatic heterocycles. The highest BCUT2D eigenvalue weighted by atomic mass is 32.2. The molecular weight excluding hydrogens is 230 g/mol. The van der Waals surface area contributed by atoms with E-state index in [0.717, 1.165) is 6.54 Å². The standard InChI is InChI=1S/C14H25NOS/c1-7-8-12(4)9-13(5)14(6)10-15-17(16)11(2)3/h7-9,11,14-15H,1,10H2,2-6H3/b12-8+,13-9+. The van der Waals surface area contributed by atoms with Crippen LogP contribution in [0.4, 0.5) is 0 Å². The molecule has 0 aromatic rings. The van der Waals surface area contributed by atoms with E-state index >= 15 is 0 Å². The van der Waals surface area contributed by atoms with Crippen LogP contribution in [0.25, 0.3) is 0 Å². The van der Waals surface area contributed by atoms with Crippen molar-refractivity contribution in [2.45, 2.75) is 39.9 Å². The van der Waals surface area contributed by atoms with Crippen molar-refractivity contribution in [3.05, 3.63) is 36.0 Å². The van der Waals surface area contributed by atoms with E-state index in [0.29, 0.717) is 5.92 Å². The van der Waals surface area contributed by atoms with Crippen LogP contribution < -0.4 is 4.72 Å². The van der Waals surface area contributed by atoms with Crippen LogP contribution in [-0.2, 0) is 11.0 Å². The van der Waals surface area contributed by atoms with Gasteiger partial charge in [0.25, 0.3) is 0 Å². The lowest BCUT2D eigenvalue weighted by molar-refractivity contribution is 0.629. The monoisotopic (exact) mass is 255 g/mol. The van der Waals surface area contributed by atoms with Gasteiger partial charge >= 0.3 is 0 Å². The summed E-state index contributed by atoms with van der Waals surface area (Å²) in [5, 5.41) is 0.161. The van der Waals surface area contributed by atoms with Gasteiger partial charge < -0.3 is 0 Å². The van der Waals surface area contributed by atoms with E-state index in [1.165, 1.54) is 11.1 Å². The van der Waals surface area contributed by atoms with Gasteiger partial charge in [-0.25, -0.2) is 8.93 Å². The summed E-state index contributed by atoms with van der Waals surface area (Å²) in [4.78, 5) is 0. The zero-order valence-corrected chi connectivity index (χ0v) is 12.4. The maximum Gasteiger partial charge on any atom is 0.0941 e. The molecule has 2 unspecified atom stereocenters. The molecular formula is C14H25NOS. The molecule has 0 saturated carbocycles. The number of allylic oxidation sites excluding steroid dienone is 4. The summed E-state index contributed by atoms with van der Waals surface area (Å²) in [7, 11) is -0.933. The smallest absolute Gasteiger partial charge is 0.0941 e. The normalized spacial score (nSPS) is 17.1. The van der Waals surface area contributed by atoms with Gasteiger partial charge in [0.2, 0.25) is 0 Å². The average Bonchev–Trinajstić information content (AvgIpc) is 2.25. The van der Waals surface area contributed by atoms with Gasteiger partial charge in [0.15, 0.2) is 0 Å². The van der Waals surface area contributed by atoms with Gasteiger partial charge in [0, 0.05) is 11.8 Å². The Morgan fingerprint density at radius 3 is 2.41 bits per heavy atom. The first kappa shape index (κ1) is 16.3. The SMILES string of the molecule is C=C/C=C(C)/C=C(\C)C(C)CNS(=O)C(C)C. The molecule has 0 spiro atoms. The van der Waals surface area contributed by atoms with Gasteiger partial charge in [0.1, 0.15) is 0 Å². The van der Waals surface area contributed by atoms with Crippen LogP contribution in [0.5, 0.6) is 0 Å². The van der Waals surface area contributed by atoms with Gasteiger partial charge in [-0.15, -0.1) is 0 Å². The average molecular weight is 255 g/mol. The first-order valence-corrected chi connectivity index (χ1v) is 7.21. The molecule has 0 amide bonds. The molecule has 0 saturated heterocycles. The first-order chi connectivity index (χ1) is 7.88. The Kier molecular flexibility index (Phi) is 8.09. The third-order valence-electron chi connectivity index (χ3n) is 2.57. The molecule has 98 valence electrons. The maximum absolute atomic E-state index is 11.6. The highest BCUT2D eigenvalue weighted by Gasteiger charge is 2.08. The van der Waals surface area contributed by atoms with Crippen molar-refractivity contribution >= 4 is 11.0 Å². The van der Waals surface area contributed by atoms with Gasteiger partial charge in [-0.3, -0.25) is 0 Å². The van der Waals surface area contributed by atoms with Crippen LogP contribution in [0.3, 0.4) is 0 Å². The Balaban J connectivity index is 4.32. The van der Waals surface area contributed by atoms with E-state index in [9.17, 15) is 4.21 Å². The molecule has 0 aliphatic heterocycles. The molecule has 2 nitrogen and oxygen atoms in total. The Labute approximate surface area is 108 Å². The summed E-state index contributed by atoms with van der Waals surface area (Å²) < 4.78 is 14.6. The number of rotatable bonds is 7. The largest absolute Gasteiger partial charge is 0.243 e. The molecule has 0 bridgehead atoms. The van der Waals surface area contributed by atoms with Crippen LogP contribution in [0.2, 0.25) is 0 Å². The fourth-order valence-corrected chi connectivity index (χ4v) is 2.02. The molecule has 17 heavy (non-hydrogen) atoms. The molecule has 0 radical (unpaired) electrons. The van der Waals surface area contributed by atoms with Gasteiger partial charge in [-0.2, -0.15) is 0 Å². The fraction of sp³-hybridized carbons (Fsp3) is 0.571.